The maximum absolute atomic E-state index is 12.8. The van der Waals surface area contributed by atoms with Crippen LogP contribution in [0.25, 0.3) is 0 Å². The number of hydrogen-bond acceptors (Lipinski definition) is 9. The number of nitrogens with zero attached hydrogens (tertiary/aromatic N) is 2. The molecule has 1 heterocycles. The van der Waals surface area contributed by atoms with Gasteiger partial charge in [0.05, 0.1) is 30.3 Å². The Kier molecular flexibility index (Phi) is 15.1. The highest BCUT2D eigenvalue weighted by Crippen LogP contribution is 2.26. The van der Waals surface area contributed by atoms with Crippen LogP contribution in [0, 0.1) is 0 Å². The number of amides is 2. The van der Waals surface area contributed by atoms with E-state index < -0.39 is 18.1 Å². The fraction of sp³-hybridized carbons (Fsp3) is 0.424. The van der Waals surface area contributed by atoms with E-state index in [0.717, 1.165) is 63.7 Å². The molecular formula is C33H44N4O7. The van der Waals surface area contributed by atoms with Crippen LogP contribution in [0.1, 0.15) is 68.2 Å². The summed E-state index contributed by atoms with van der Waals surface area (Å²) in [5.74, 6) is -0.590. The molecule has 1 atom stereocenters. The molecule has 0 radical (unpaired) electrons. The zero-order valence-electron chi connectivity index (χ0n) is 25.3. The van der Waals surface area contributed by atoms with E-state index in [0.29, 0.717) is 35.7 Å². The van der Waals surface area contributed by atoms with Crippen molar-refractivity contribution in [3.8, 4) is 5.75 Å². The first-order chi connectivity index (χ1) is 21.4. The second kappa shape index (κ2) is 19.3. The van der Waals surface area contributed by atoms with E-state index in [-0.39, 0.29) is 12.4 Å². The standard InChI is InChI=1S/C33H44N4O7/c1-25(39)44-36-33(42)37(30-13-9-17-34-22-30)29-12-8-11-26(20-29)10-4-7-19-43-18-6-3-2-5-16-35-23-32(41)27-14-15-31(40)28(21-27)24-38/h8-9,11-15,17,20-22,32,35,38,40-41H,2-7,10,16,18-19,23-24H2,1H3,(H,36,42)/t32-/m0/s1. The van der Waals surface area contributed by atoms with E-state index in [1.807, 2.05) is 24.3 Å². The van der Waals surface area contributed by atoms with Crippen LogP contribution in [0.2, 0.25) is 0 Å². The third kappa shape index (κ3) is 11.9. The summed E-state index contributed by atoms with van der Waals surface area (Å²) in [7, 11) is 0. The number of ether oxygens (including phenoxy) is 1. The second-order valence-corrected chi connectivity index (χ2v) is 10.5. The molecule has 0 aliphatic carbocycles. The number of pyridine rings is 1. The van der Waals surface area contributed by atoms with Crippen LogP contribution in [-0.4, -0.2) is 58.6 Å². The lowest BCUT2D eigenvalue weighted by Crippen LogP contribution is -2.37. The molecule has 0 spiro atoms. The maximum Gasteiger partial charge on any atom is 0.359 e. The van der Waals surface area contributed by atoms with Crippen LogP contribution in [-0.2, 0) is 27.4 Å². The van der Waals surface area contributed by atoms with Gasteiger partial charge in [-0.3, -0.25) is 14.7 Å². The first kappa shape index (κ1) is 34.5. The fourth-order valence-electron chi connectivity index (χ4n) is 4.62. The van der Waals surface area contributed by atoms with Gasteiger partial charge in [-0.15, -0.1) is 0 Å². The number of carbonyl (C=O) groups is 2. The summed E-state index contributed by atoms with van der Waals surface area (Å²) in [5.41, 5.74) is 5.51. The average Bonchev–Trinajstić information content (AvgIpc) is 3.03. The summed E-state index contributed by atoms with van der Waals surface area (Å²) < 4.78 is 5.81. The van der Waals surface area contributed by atoms with Crippen molar-refractivity contribution >= 4 is 23.4 Å². The Morgan fingerprint density at radius 3 is 2.48 bits per heavy atom. The van der Waals surface area contributed by atoms with Crippen molar-refractivity contribution in [1.82, 2.24) is 15.8 Å². The molecule has 2 amide bonds. The molecule has 238 valence electrons. The number of nitrogens with one attached hydrogen (secondary N) is 2. The van der Waals surface area contributed by atoms with Crippen LogP contribution >= 0.6 is 0 Å². The highest BCUT2D eigenvalue weighted by molar-refractivity contribution is 5.99. The molecule has 0 bridgehead atoms. The molecule has 0 aliphatic rings. The lowest BCUT2D eigenvalue weighted by atomic mass is 10.1. The van der Waals surface area contributed by atoms with Gasteiger partial charge in [0.25, 0.3) is 0 Å². The summed E-state index contributed by atoms with van der Waals surface area (Å²) in [4.78, 5) is 34.2. The Morgan fingerprint density at radius 2 is 1.73 bits per heavy atom. The molecule has 11 nitrogen and oxygen atoms in total. The molecule has 2 aromatic carbocycles. The Labute approximate surface area is 258 Å². The number of aromatic nitrogens is 1. The van der Waals surface area contributed by atoms with Gasteiger partial charge < -0.3 is 30.2 Å². The average molecular weight is 609 g/mol. The molecule has 3 aromatic rings. The number of phenols is 1. The first-order valence-corrected chi connectivity index (χ1v) is 15.0. The summed E-state index contributed by atoms with van der Waals surface area (Å²) in [6.07, 6.45) is 9.36. The zero-order chi connectivity index (χ0) is 31.6. The number of hydrogen-bond donors (Lipinski definition) is 5. The van der Waals surface area contributed by atoms with Gasteiger partial charge in [-0.1, -0.05) is 31.0 Å². The lowest BCUT2D eigenvalue weighted by molar-refractivity contribution is -0.145. The van der Waals surface area contributed by atoms with Crippen LogP contribution in [0.3, 0.4) is 0 Å². The third-order valence-corrected chi connectivity index (χ3v) is 6.95. The van der Waals surface area contributed by atoms with Crippen molar-refractivity contribution in [1.29, 1.82) is 0 Å². The minimum Gasteiger partial charge on any atom is -0.508 e. The Bertz CT molecular complexity index is 1290. The van der Waals surface area contributed by atoms with Gasteiger partial charge in [-0.2, -0.15) is 5.48 Å². The number of carbonyl (C=O) groups excluding carboxylic acids is 2. The number of hydroxylamine groups is 1. The van der Waals surface area contributed by atoms with Gasteiger partial charge in [0.15, 0.2) is 0 Å². The van der Waals surface area contributed by atoms with E-state index in [2.05, 4.69) is 15.8 Å². The molecular weight excluding hydrogens is 564 g/mol. The Morgan fingerprint density at radius 1 is 0.955 bits per heavy atom. The largest absolute Gasteiger partial charge is 0.508 e. The Hall–Kier alpha value is -4.03. The number of aliphatic hydroxyl groups excluding tert-OH is 2. The third-order valence-electron chi connectivity index (χ3n) is 6.95. The van der Waals surface area contributed by atoms with Crippen molar-refractivity contribution in [2.24, 2.45) is 0 Å². The molecule has 0 unspecified atom stereocenters. The maximum atomic E-state index is 12.8. The lowest BCUT2D eigenvalue weighted by Gasteiger charge is -2.23. The van der Waals surface area contributed by atoms with Crippen LogP contribution in [0.15, 0.2) is 67.0 Å². The number of benzene rings is 2. The highest BCUT2D eigenvalue weighted by atomic mass is 16.7. The van der Waals surface area contributed by atoms with Crippen molar-refractivity contribution in [2.45, 2.75) is 64.6 Å². The monoisotopic (exact) mass is 608 g/mol. The minimum atomic E-state index is -0.694. The predicted octanol–water partition coefficient (Wildman–Crippen LogP) is 4.83. The van der Waals surface area contributed by atoms with Gasteiger partial charge in [0.2, 0.25) is 0 Å². The smallest absolute Gasteiger partial charge is 0.359 e. The summed E-state index contributed by atoms with van der Waals surface area (Å²) in [6.45, 7) is 3.59. The van der Waals surface area contributed by atoms with Gasteiger partial charge in [0, 0.05) is 38.4 Å². The SMILES string of the molecule is CC(=O)ONC(=O)N(c1cccnc1)c1cccc(CCCCOCCCCCCNC[C@H](O)c2ccc(O)c(CO)c2)c1. The minimum absolute atomic E-state index is 0.0276. The number of urea groups is 1. The van der Waals surface area contributed by atoms with Gasteiger partial charge in [0.1, 0.15) is 5.75 Å². The molecule has 11 heteroatoms. The number of aliphatic hydroxyl groups is 2. The van der Waals surface area contributed by atoms with Crippen molar-refractivity contribution < 1.29 is 34.5 Å². The number of aryl methyl sites for hydroxylation is 1. The first-order valence-electron chi connectivity index (χ1n) is 15.0. The molecule has 0 aliphatic heterocycles. The van der Waals surface area contributed by atoms with Crippen LogP contribution in [0.4, 0.5) is 16.2 Å². The molecule has 1 aromatic heterocycles. The second-order valence-electron chi connectivity index (χ2n) is 10.5. The van der Waals surface area contributed by atoms with E-state index in [9.17, 15) is 24.9 Å². The molecule has 0 saturated heterocycles. The van der Waals surface area contributed by atoms with Gasteiger partial charge in [-0.05, 0) is 86.2 Å². The highest BCUT2D eigenvalue weighted by Gasteiger charge is 2.19. The van der Waals surface area contributed by atoms with E-state index in [1.165, 1.54) is 17.9 Å². The normalized spacial score (nSPS) is 11.6. The van der Waals surface area contributed by atoms with Crippen molar-refractivity contribution in [3.63, 3.8) is 0 Å². The molecule has 0 saturated carbocycles. The van der Waals surface area contributed by atoms with Crippen molar-refractivity contribution in [2.75, 3.05) is 31.2 Å². The van der Waals surface area contributed by atoms with E-state index >= 15 is 0 Å². The number of aromatic hydroxyl groups is 1. The molecule has 0 fully saturated rings. The number of anilines is 2. The topological polar surface area (TPSA) is 153 Å². The quantitative estimate of drug-likeness (QED) is 0.101. The fourth-order valence-corrected chi connectivity index (χ4v) is 4.62. The van der Waals surface area contributed by atoms with Crippen LogP contribution < -0.4 is 15.7 Å². The summed E-state index contributed by atoms with van der Waals surface area (Å²) >= 11 is 0. The summed E-state index contributed by atoms with van der Waals surface area (Å²) in [6, 6.07) is 15.3. The Balaban J connectivity index is 1.26. The van der Waals surface area contributed by atoms with E-state index in [4.69, 9.17) is 9.57 Å². The summed E-state index contributed by atoms with van der Waals surface area (Å²) in [5, 5.41) is 32.5. The zero-order valence-corrected chi connectivity index (χ0v) is 25.3. The van der Waals surface area contributed by atoms with Gasteiger partial charge in [-0.25, -0.2) is 4.79 Å². The molecule has 3 rings (SSSR count). The van der Waals surface area contributed by atoms with E-state index in [1.54, 1.807) is 36.7 Å². The molecule has 44 heavy (non-hydrogen) atoms. The van der Waals surface area contributed by atoms with Crippen molar-refractivity contribution in [3.05, 3.63) is 83.7 Å². The number of unbranched alkanes of at least 4 members (excludes halogenated alkanes) is 4. The van der Waals surface area contributed by atoms with Gasteiger partial charge >= 0.3 is 12.0 Å². The van der Waals surface area contributed by atoms with Crippen LogP contribution in [0.5, 0.6) is 5.75 Å². The number of rotatable bonds is 18. The predicted molar refractivity (Wildman–Crippen MR) is 167 cm³/mol. The molecule has 5 N–H and O–H groups in total.